The number of para-hydroxylation sites is 1. The van der Waals surface area contributed by atoms with Gasteiger partial charge in [0.15, 0.2) is 0 Å². The minimum absolute atomic E-state index is 0.994. The average molecular weight is 289 g/mol. The van der Waals surface area contributed by atoms with E-state index in [0.29, 0.717) is 0 Å². The molecule has 0 spiro atoms. The number of hydrogen-bond acceptors (Lipinski definition) is 0. The third-order valence-corrected chi connectivity index (χ3v) is 4.22. The molecule has 22 heavy (non-hydrogen) atoms. The summed E-state index contributed by atoms with van der Waals surface area (Å²) >= 11 is 0. The summed E-state index contributed by atoms with van der Waals surface area (Å²) in [5.74, 6) is 0. The number of aromatic nitrogens is 1. The minimum Gasteiger partial charge on any atom is -0.314 e. The van der Waals surface area contributed by atoms with Gasteiger partial charge in [-0.3, -0.25) is 0 Å². The molecule has 0 unspecified atom stereocenters. The Morgan fingerprint density at radius 1 is 1.00 bits per heavy atom. The van der Waals surface area contributed by atoms with E-state index >= 15 is 0 Å². The van der Waals surface area contributed by atoms with Crippen molar-refractivity contribution in [3.63, 3.8) is 0 Å². The van der Waals surface area contributed by atoms with E-state index in [0.717, 1.165) is 6.42 Å². The third-order valence-electron chi connectivity index (χ3n) is 4.22. The van der Waals surface area contributed by atoms with Crippen molar-refractivity contribution in [3.05, 3.63) is 77.0 Å². The zero-order valence-corrected chi connectivity index (χ0v) is 13.9. The first-order chi connectivity index (χ1) is 10.6. The Balaban J connectivity index is 2.29. The number of nitrogens with zero attached hydrogens (tertiary/aromatic N) is 1. The van der Waals surface area contributed by atoms with Crippen molar-refractivity contribution in [1.29, 1.82) is 0 Å². The second-order valence-corrected chi connectivity index (χ2v) is 6.24. The molecule has 0 radical (unpaired) electrons. The highest BCUT2D eigenvalue weighted by Gasteiger charge is 2.14. The second kappa shape index (κ2) is 5.84. The molecule has 2 aromatic carbocycles. The summed E-state index contributed by atoms with van der Waals surface area (Å²) in [7, 11) is 0. The maximum atomic E-state index is 2.38. The summed E-state index contributed by atoms with van der Waals surface area (Å²) < 4.78 is 2.38. The highest BCUT2D eigenvalue weighted by Crippen LogP contribution is 2.30. The predicted octanol–water partition coefficient (Wildman–Crippen LogP) is 5.76. The molecule has 0 saturated heterocycles. The summed E-state index contributed by atoms with van der Waals surface area (Å²) in [6.45, 7) is 8.73. The zero-order chi connectivity index (χ0) is 15.7. The van der Waals surface area contributed by atoms with Gasteiger partial charge in [-0.25, -0.2) is 0 Å². The fraction of sp³-hybridized carbons (Fsp3) is 0.238. The first-order valence-electron chi connectivity index (χ1n) is 7.87. The quantitative estimate of drug-likeness (QED) is 0.540. The van der Waals surface area contributed by atoms with E-state index in [-0.39, 0.29) is 0 Å². The lowest BCUT2D eigenvalue weighted by Gasteiger charge is -2.08. The van der Waals surface area contributed by atoms with Crippen LogP contribution in [0, 0.1) is 13.8 Å². The van der Waals surface area contributed by atoms with E-state index in [1.165, 1.54) is 39.0 Å². The number of hydrogen-bond donors (Lipinski definition) is 0. The molecule has 0 atom stereocenters. The van der Waals surface area contributed by atoms with Crippen LogP contribution in [-0.2, 0) is 6.42 Å². The Labute approximate surface area is 132 Å². The molecule has 1 nitrogen and oxygen atoms in total. The smallest absolute Gasteiger partial charge is 0.0534 e. The topological polar surface area (TPSA) is 4.93 Å². The summed E-state index contributed by atoms with van der Waals surface area (Å²) in [6.07, 6.45) is 3.31. The summed E-state index contributed by atoms with van der Waals surface area (Å²) in [6, 6.07) is 17.4. The van der Waals surface area contributed by atoms with Crippen LogP contribution in [0.1, 0.15) is 30.7 Å². The molecule has 0 aliphatic carbocycles. The van der Waals surface area contributed by atoms with Crippen LogP contribution in [0.15, 0.2) is 60.2 Å². The highest BCUT2D eigenvalue weighted by atomic mass is 15.0. The molecule has 0 fully saturated rings. The third kappa shape index (κ3) is 2.59. The molecular weight excluding hydrogens is 266 g/mol. The van der Waals surface area contributed by atoms with Crippen molar-refractivity contribution in [3.8, 4) is 5.69 Å². The van der Waals surface area contributed by atoms with E-state index < -0.39 is 0 Å². The number of aryl methyl sites for hydroxylation is 1. The fourth-order valence-electron chi connectivity index (χ4n) is 3.07. The van der Waals surface area contributed by atoms with Gasteiger partial charge in [0.25, 0.3) is 0 Å². The number of allylic oxidation sites excluding steroid dienone is 2. The van der Waals surface area contributed by atoms with Gasteiger partial charge in [0, 0.05) is 16.8 Å². The van der Waals surface area contributed by atoms with E-state index in [9.17, 15) is 0 Å². The van der Waals surface area contributed by atoms with Crippen molar-refractivity contribution in [2.24, 2.45) is 0 Å². The van der Waals surface area contributed by atoms with Crippen LogP contribution in [0.5, 0.6) is 0 Å². The van der Waals surface area contributed by atoms with Gasteiger partial charge in [-0.2, -0.15) is 0 Å². The van der Waals surface area contributed by atoms with E-state index in [2.05, 4.69) is 86.9 Å². The van der Waals surface area contributed by atoms with Gasteiger partial charge in [-0.05, 0) is 63.9 Å². The van der Waals surface area contributed by atoms with Crippen molar-refractivity contribution in [2.75, 3.05) is 0 Å². The Kier molecular flexibility index (Phi) is 3.89. The molecule has 3 aromatic rings. The maximum Gasteiger partial charge on any atom is 0.0534 e. The molecule has 1 heteroatoms. The number of fused-ring (bicyclic) bond motifs is 1. The maximum absolute atomic E-state index is 2.38. The van der Waals surface area contributed by atoms with Crippen LogP contribution in [0.4, 0.5) is 0 Å². The van der Waals surface area contributed by atoms with Crippen molar-refractivity contribution in [2.45, 2.75) is 34.1 Å². The van der Waals surface area contributed by atoms with Crippen LogP contribution < -0.4 is 0 Å². The molecule has 1 heterocycles. The van der Waals surface area contributed by atoms with Gasteiger partial charge >= 0.3 is 0 Å². The van der Waals surface area contributed by atoms with Gasteiger partial charge in [-0.15, -0.1) is 0 Å². The number of benzene rings is 2. The Hall–Kier alpha value is -2.28. The van der Waals surface area contributed by atoms with Crippen molar-refractivity contribution in [1.82, 2.24) is 4.57 Å². The molecule has 0 saturated carbocycles. The molecule has 3 rings (SSSR count). The molecule has 0 aliphatic heterocycles. The summed E-state index contributed by atoms with van der Waals surface area (Å²) in [4.78, 5) is 0. The molecule has 112 valence electrons. The number of rotatable bonds is 3. The Morgan fingerprint density at radius 2 is 1.73 bits per heavy atom. The van der Waals surface area contributed by atoms with Crippen LogP contribution in [-0.4, -0.2) is 4.57 Å². The lowest BCUT2D eigenvalue weighted by atomic mass is 10.0. The molecule has 0 N–H and O–H groups in total. The molecule has 0 bridgehead atoms. The zero-order valence-electron chi connectivity index (χ0n) is 13.9. The molecular formula is C21H23N. The largest absolute Gasteiger partial charge is 0.314 e. The summed E-state index contributed by atoms with van der Waals surface area (Å²) in [5, 5.41) is 1.37. The van der Waals surface area contributed by atoms with Crippen molar-refractivity contribution < 1.29 is 0 Å². The lowest BCUT2D eigenvalue weighted by Crippen LogP contribution is -1.97. The van der Waals surface area contributed by atoms with Gasteiger partial charge < -0.3 is 4.57 Å². The van der Waals surface area contributed by atoms with Crippen LogP contribution in [0.2, 0.25) is 0 Å². The van der Waals surface area contributed by atoms with Crippen LogP contribution in [0.25, 0.3) is 16.6 Å². The Bertz CT molecular complexity index is 831. The van der Waals surface area contributed by atoms with E-state index in [4.69, 9.17) is 0 Å². The van der Waals surface area contributed by atoms with Crippen LogP contribution in [0.3, 0.4) is 0 Å². The monoisotopic (exact) mass is 289 g/mol. The second-order valence-electron chi connectivity index (χ2n) is 6.24. The first kappa shape index (κ1) is 14.6. The van der Waals surface area contributed by atoms with Gasteiger partial charge in [0.2, 0.25) is 0 Å². The van der Waals surface area contributed by atoms with Gasteiger partial charge in [0.05, 0.1) is 5.52 Å². The predicted molar refractivity (Wildman–Crippen MR) is 95.9 cm³/mol. The minimum atomic E-state index is 0.994. The SMILES string of the molecule is CC(C)=CCc1c(C)n(-c2ccccc2)c2ccc(C)cc12. The lowest BCUT2D eigenvalue weighted by molar-refractivity contribution is 1.02. The standard InChI is InChI=1S/C21H23N/c1-15(2)10-12-19-17(4)22(18-8-6-5-7-9-18)21-13-11-16(3)14-20(19)21/h5-11,13-14H,12H2,1-4H3. The van der Waals surface area contributed by atoms with Crippen molar-refractivity contribution >= 4 is 10.9 Å². The fourth-order valence-corrected chi connectivity index (χ4v) is 3.07. The van der Waals surface area contributed by atoms with E-state index in [1.807, 2.05) is 0 Å². The normalized spacial score (nSPS) is 10.9. The molecule has 0 amide bonds. The highest BCUT2D eigenvalue weighted by molar-refractivity contribution is 5.88. The first-order valence-corrected chi connectivity index (χ1v) is 7.87. The average Bonchev–Trinajstić information content (AvgIpc) is 2.77. The Morgan fingerprint density at radius 3 is 2.41 bits per heavy atom. The summed E-state index contributed by atoms with van der Waals surface area (Å²) in [5.41, 5.74) is 7.99. The van der Waals surface area contributed by atoms with E-state index in [1.54, 1.807) is 0 Å². The van der Waals surface area contributed by atoms with Crippen LogP contribution >= 0.6 is 0 Å². The van der Waals surface area contributed by atoms with Gasteiger partial charge in [-0.1, -0.05) is 41.5 Å². The van der Waals surface area contributed by atoms with Gasteiger partial charge in [0.1, 0.15) is 0 Å². The molecule has 1 aromatic heterocycles. The molecule has 0 aliphatic rings.